The van der Waals surface area contributed by atoms with Crippen molar-refractivity contribution in [3.05, 3.63) is 81.2 Å². The number of aromatic nitrogens is 3. The van der Waals surface area contributed by atoms with Crippen LogP contribution in [-0.2, 0) is 16.0 Å². The van der Waals surface area contributed by atoms with Crippen LogP contribution in [0.1, 0.15) is 65.3 Å². The van der Waals surface area contributed by atoms with E-state index in [0.29, 0.717) is 29.3 Å². The van der Waals surface area contributed by atoms with Gasteiger partial charge in [-0.2, -0.15) is 5.10 Å². The van der Waals surface area contributed by atoms with E-state index in [1.54, 1.807) is 41.0 Å². The van der Waals surface area contributed by atoms with Crippen molar-refractivity contribution in [3.8, 4) is 11.3 Å². The minimum atomic E-state index is -0.639. The molecule has 4 heterocycles. The quantitative estimate of drug-likeness (QED) is 0.158. The van der Waals surface area contributed by atoms with Crippen molar-refractivity contribution < 1.29 is 18.7 Å². The molecule has 210 valence electrons. The summed E-state index contributed by atoms with van der Waals surface area (Å²) < 4.78 is 21.9. The molecule has 1 fully saturated rings. The average molecular weight is 573 g/mol. The molecule has 1 saturated carbocycles. The SMILES string of the molecule is CCOC(=O)/C(C=N)=C/Nc1ccc(-c2cc3nc(C(=O)N4CCc5sccc5C4C)cc(C4CC4)n3n2)c(F)c1. The number of esters is 1. The Labute approximate surface area is 240 Å². The maximum absolute atomic E-state index is 15.3. The smallest absolute Gasteiger partial charge is 0.341 e. The number of halogens is 1. The Morgan fingerprint density at radius 3 is 2.80 bits per heavy atom. The van der Waals surface area contributed by atoms with Gasteiger partial charge in [0, 0.05) is 52.8 Å². The molecule has 1 unspecified atom stereocenters. The summed E-state index contributed by atoms with van der Waals surface area (Å²) in [5.74, 6) is -0.979. The van der Waals surface area contributed by atoms with Gasteiger partial charge in [0.2, 0.25) is 0 Å². The van der Waals surface area contributed by atoms with Crippen LogP contribution in [0.4, 0.5) is 10.1 Å². The molecular formula is C30H29FN6O3S. The van der Waals surface area contributed by atoms with Crippen LogP contribution in [0.2, 0.25) is 0 Å². The van der Waals surface area contributed by atoms with Crippen LogP contribution >= 0.6 is 11.3 Å². The summed E-state index contributed by atoms with van der Waals surface area (Å²) in [4.78, 5) is 33.5. The first-order chi connectivity index (χ1) is 19.9. The number of carbonyl (C=O) groups excluding carboxylic acids is 2. The number of fused-ring (bicyclic) bond motifs is 2. The van der Waals surface area contributed by atoms with Crippen molar-refractivity contribution >= 4 is 40.8 Å². The summed E-state index contributed by atoms with van der Waals surface area (Å²) in [6, 6.07) is 10.2. The molecule has 0 bridgehead atoms. The van der Waals surface area contributed by atoms with Crippen molar-refractivity contribution in [3.63, 3.8) is 0 Å². The maximum Gasteiger partial charge on any atom is 0.341 e. The first kappa shape index (κ1) is 26.8. The summed E-state index contributed by atoms with van der Waals surface area (Å²) in [6.45, 7) is 4.56. The number of nitrogens with zero attached hydrogens (tertiary/aromatic N) is 4. The van der Waals surface area contributed by atoms with E-state index < -0.39 is 11.8 Å². The van der Waals surface area contributed by atoms with E-state index in [2.05, 4.69) is 33.8 Å². The summed E-state index contributed by atoms with van der Waals surface area (Å²) in [5.41, 5.74) is 4.09. The van der Waals surface area contributed by atoms with E-state index in [-0.39, 0.29) is 35.6 Å². The molecule has 41 heavy (non-hydrogen) atoms. The average Bonchev–Trinajstić information content (AvgIpc) is 3.53. The number of ether oxygens (including phenoxy) is 1. The zero-order valence-electron chi connectivity index (χ0n) is 22.7. The second kappa shape index (κ2) is 10.9. The monoisotopic (exact) mass is 572 g/mol. The molecule has 1 aromatic carbocycles. The van der Waals surface area contributed by atoms with Gasteiger partial charge in [0.25, 0.3) is 5.91 Å². The van der Waals surface area contributed by atoms with Crippen LogP contribution in [0.5, 0.6) is 0 Å². The molecule has 1 aliphatic carbocycles. The molecule has 1 amide bonds. The summed E-state index contributed by atoms with van der Waals surface area (Å²) in [6.07, 6.45) is 5.03. The van der Waals surface area contributed by atoms with E-state index >= 15 is 4.39 Å². The van der Waals surface area contributed by atoms with Crippen LogP contribution in [0, 0.1) is 11.2 Å². The van der Waals surface area contributed by atoms with Crippen LogP contribution in [-0.4, -0.2) is 50.7 Å². The molecule has 9 nitrogen and oxygen atoms in total. The largest absolute Gasteiger partial charge is 0.462 e. The lowest BCUT2D eigenvalue weighted by Gasteiger charge is -2.33. The van der Waals surface area contributed by atoms with Gasteiger partial charge in [-0.05, 0) is 74.4 Å². The summed E-state index contributed by atoms with van der Waals surface area (Å²) in [7, 11) is 0. The number of nitrogens with one attached hydrogen (secondary N) is 2. The van der Waals surface area contributed by atoms with Crippen molar-refractivity contribution in [2.75, 3.05) is 18.5 Å². The predicted molar refractivity (Wildman–Crippen MR) is 155 cm³/mol. The fourth-order valence-electron chi connectivity index (χ4n) is 5.19. The number of hydrogen-bond acceptors (Lipinski definition) is 8. The second-order valence-corrected chi connectivity index (χ2v) is 11.2. The number of amides is 1. The molecule has 4 aromatic rings. The minimum absolute atomic E-state index is 0.00965. The van der Waals surface area contributed by atoms with Crippen molar-refractivity contribution in [2.45, 2.75) is 45.1 Å². The Kier molecular flexibility index (Phi) is 7.12. The van der Waals surface area contributed by atoms with Gasteiger partial charge in [-0.25, -0.2) is 18.7 Å². The molecule has 0 spiro atoms. The van der Waals surface area contributed by atoms with Crippen molar-refractivity contribution in [2.24, 2.45) is 0 Å². The zero-order valence-corrected chi connectivity index (χ0v) is 23.5. The summed E-state index contributed by atoms with van der Waals surface area (Å²) in [5, 5.41) is 17.0. The predicted octanol–water partition coefficient (Wildman–Crippen LogP) is 5.74. The van der Waals surface area contributed by atoms with Crippen molar-refractivity contribution in [1.29, 1.82) is 5.41 Å². The first-order valence-electron chi connectivity index (χ1n) is 13.6. The van der Waals surface area contributed by atoms with E-state index in [0.717, 1.165) is 31.2 Å². The molecule has 1 aliphatic heterocycles. The number of rotatable bonds is 8. The number of hydrogen-bond donors (Lipinski definition) is 2. The number of carbonyl (C=O) groups is 2. The third-order valence-corrected chi connectivity index (χ3v) is 8.51. The first-order valence-corrected chi connectivity index (χ1v) is 14.5. The Morgan fingerprint density at radius 2 is 2.07 bits per heavy atom. The fourth-order valence-corrected chi connectivity index (χ4v) is 6.15. The van der Waals surface area contributed by atoms with E-state index in [1.807, 2.05) is 11.0 Å². The highest BCUT2D eigenvalue weighted by molar-refractivity contribution is 7.10. The van der Waals surface area contributed by atoms with Crippen LogP contribution in [0.15, 0.2) is 53.6 Å². The Bertz CT molecular complexity index is 1710. The van der Waals surface area contributed by atoms with Gasteiger partial charge in [-0.15, -0.1) is 11.3 Å². The number of thiophene rings is 1. The summed E-state index contributed by atoms with van der Waals surface area (Å²) >= 11 is 1.74. The molecule has 6 rings (SSSR count). The lowest BCUT2D eigenvalue weighted by molar-refractivity contribution is -0.137. The van der Waals surface area contributed by atoms with E-state index in [4.69, 9.17) is 10.1 Å². The minimum Gasteiger partial charge on any atom is -0.462 e. The maximum atomic E-state index is 15.3. The number of anilines is 1. The Hall–Kier alpha value is -4.38. The van der Waals surface area contributed by atoms with E-state index in [9.17, 15) is 9.59 Å². The third-order valence-electron chi connectivity index (χ3n) is 7.51. The topological polar surface area (TPSA) is 113 Å². The van der Waals surface area contributed by atoms with Gasteiger partial charge >= 0.3 is 5.97 Å². The third kappa shape index (κ3) is 5.13. The molecule has 0 radical (unpaired) electrons. The number of benzene rings is 1. The Balaban J connectivity index is 1.29. The van der Waals surface area contributed by atoms with Crippen LogP contribution in [0.25, 0.3) is 16.9 Å². The molecule has 11 heteroatoms. The molecule has 0 saturated heterocycles. The van der Waals surface area contributed by atoms with Gasteiger partial charge in [0.1, 0.15) is 11.5 Å². The highest BCUT2D eigenvalue weighted by atomic mass is 32.1. The van der Waals surface area contributed by atoms with Gasteiger partial charge in [0.15, 0.2) is 5.65 Å². The van der Waals surface area contributed by atoms with Gasteiger partial charge in [-0.3, -0.25) is 4.79 Å². The molecule has 3 aromatic heterocycles. The van der Waals surface area contributed by atoms with Gasteiger partial charge in [-0.1, -0.05) is 0 Å². The van der Waals surface area contributed by atoms with E-state index in [1.165, 1.54) is 22.7 Å². The highest BCUT2D eigenvalue weighted by Gasteiger charge is 2.33. The lowest BCUT2D eigenvalue weighted by Crippen LogP contribution is -2.38. The molecule has 2 N–H and O–H groups in total. The lowest BCUT2D eigenvalue weighted by atomic mass is 10.0. The van der Waals surface area contributed by atoms with Crippen molar-refractivity contribution in [1.82, 2.24) is 19.5 Å². The van der Waals surface area contributed by atoms with Gasteiger partial charge < -0.3 is 20.4 Å². The molecule has 2 aliphatic rings. The molecular weight excluding hydrogens is 543 g/mol. The second-order valence-electron chi connectivity index (χ2n) is 10.2. The van der Waals surface area contributed by atoms with Crippen LogP contribution in [0.3, 0.4) is 0 Å². The standard InChI is InChI=1S/C30H29FN6O3S/c1-3-40-30(39)19(15-32)16-33-20-6-7-22(23(31)12-20)24-14-28-34-25(13-26(18-4-5-18)37(28)35-24)29(38)36-10-8-27-21(17(36)2)9-11-41-27/h6-7,9,11-18,32-33H,3-5,8,10H2,1-2H3/b19-16+,32-15?. The Morgan fingerprint density at radius 1 is 1.24 bits per heavy atom. The van der Waals surface area contributed by atoms with Crippen LogP contribution < -0.4 is 5.32 Å². The highest BCUT2D eigenvalue weighted by Crippen LogP contribution is 2.41. The zero-order chi connectivity index (χ0) is 28.7. The van der Waals surface area contributed by atoms with Gasteiger partial charge in [0.05, 0.1) is 23.9 Å². The fraction of sp³-hybridized carbons (Fsp3) is 0.300. The molecule has 1 atom stereocenters. The normalized spacial score (nSPS) is 16.9.